The van der Waals surface area contributed by atoms with Crippen LogP contribution in [-0.4, -0.2) is 0 Å². The van der Waals surface area contributed by atoms with Gasteiger partial charge in [0.2, 0.25) is 0 Å². The second kappa shape index (κ2) is 5.11. The predicted molar refractivity (Wildman–Crippen MR) is 32.6 cm³/mol. The highest BCUT2D eigenvalue weighted by molar-refractivity contribution is 5.02. The van der Waals surface area contributed by atoms with Crippen molar-refractivity contribution in [1.29, 1.82) is 0 Å². The molecule has 1 rings (SSSR count). The van der Waals surface area contributed by atoms with Crippen LogP contribution in [0.15, 0.2) is 22.6 Å². The molecule has 0 amide bonds. The molecule has 5 nitrogen and oxygen atoms in total. The van der Waals surface area contributed by atoms with Crippen LogP contribution in [0.2, 0.25) is 0 Å². The number of hydrogen-bond donors (Lipinski definition) is 0. The van der Waals surface area contributed by atoms with Crippen molar-refractivity contribution < 1.29 is 33.3 Å². The molecule has 0 fully saturated rings. The second-order valence-corrected chi connectivity index (χ2v) is 2.98. The zero-order valence-electron chi connectivity index (χ0n) is 7.15. The van der Waals surface area contributed by atoms with Gasteiger partial charge in [-0.15, -0.1) is 10.2 Å². The molecule has 0 atom stereocenters. The molecule has 0 N–H and O–H groups in total. The highest BCUT2D eigenvalue weighted by Crippen LogP contribution is 2.00. The maximum absolute atomic E-state index is 8.49. The van der Waals surface area contributed by atoms with Crippen LogP contribution in [0.3, 0.4) is 0 Å². The largest absolute Gasteiger partial charge is 0.326 e. The van der Waals surface area contributed by atoms with E-state index in [9.17, 15) is 0 Å². The fraction of sp³-hybridized carbons (Fsp3) is 0.286. The third kappa shape index (κ3) is 11.3. The zero-order valence-corrected chi connectivity index (χ0v) is 7.91. The van der Waals surface area contributed by atoms with Crippen molar-refractivity contribution in [2.45, 2.75) is 13.8 Å². The van der Waals surface area contributed by atoms with Gasteiger partial charge in [0.15, 0.2) is 0 Å². The van der Waals surface area contributed by atoms with Crippen LogP contribution in [-0.2, 0) is 0 Å². The SMILES string of the molecule is Cc1cccc(C)[o+]1.[O-][Cl+3]([O-])([O-])[O-]. The maximum atomic E-state index is 8.49. The van der Waals surface area contributed by atoms with E-state index in [2.05, 4.69) is 0 Å². The van der Waals surface area contributed by atoms with Gasteiger partial charge in [0.05, 0.1) is 13.8 Å². The summed E-state index contributed by atoms with van der Waals surface area (Å²) in [5, 5.41) is 0. The van der Waals surface area contributed by atoms with E-state index in [0.717, 1.165) is 11.5 Å². The summed E-state index contributed by atoms with van der Waals surface area (Å²) in [6.07, 6.45) is 0. The molecule has 0 aromatic carbocycles. The second-order valence-electron chi connectivity index (χ2n) is 2.23. The third-order valence-electron chi connectivity index (χ3n) is 0.984. The Morgan fingerprint density at radius 2 is 1.31 bits per heavy atom. The fourth-order valence-corrected chi connectivity index (χ4v) is 0.641. The molecule has 0 radical (unpaired) electrons. The number of hydrogen-bond acceptors (Lipinski definition) is 4. The smallest absolute Gasteiger partial charge is 0.222 e. The normalized spacial score (nSPS) is 10.3. The van der Waals surface area contributed by atoms with Crippen LogP contribution in [0, 0.1) is 24.1 Å². The molecule has 0 aliphatic heterocycles. The molecule has 0 saturated carbocycles. The van der Waals surface area contributed by atoms with Gasteiger partial charge < -0.3 is 0 Å². The summed E-state index contributed by atoms with van der Waals surface area (Å²) in [5.41, 5.74) is 0. The molecule has 1 aromatic heterocycles. The molecular formula is C7H9ClO5. The summed E-state index contributed by atoms with van der Waals surface area (Å²) in [5.74, 6) is 1.93. The average molecular weight is 209 g/mol. The minimum absolute atomic E-state index is 0.963. The molecule has 13 heavy (non-hydrogen) atoms. The van der Waals surface area contributed by atoms with E-state index in [1.54, 1.807) is 0 Å². The number of halogens is 1. The van der Waals surface area contributed by atoms with Gasteiger partial charge in [-0.2, -0.15) is 0 Å². The molecule has 1 aromatic rings. The molecule has 0 bridgehead atoms. The topological polar surface area (TPSA) is 104 Å². The van der Waals surface area contributed by atoms with Crippen LogP contribution in [0.4, 0.5) is 0 Å². The summed E-state index contributed by atoms with van der Waals surface area (Å²) in [6.45, 7) is 3.88. The van der Waals surface area contributed by atoms with Gasteiger partial charge in [0, 0.05) is 12.1 Å². The molecule has 0 aliphatic carbocycles. The molecule has 0 aliphatic rings. The fourth-order valence-electron chi connectivity index (χ4n) is 0.641. The highest BCUT2D eigenvalue weighted by Gasteiger charge is 1.98. The molecule has 0 spiro atoms. The van der Waals surface area contributed by atoms with Gasteiger partial charge in [0.1, 0.15) is 0 Å². The summed E-state index contributed by atoms with van der Waals surface area (Å²) in [7, 11) is -4.94. The molecule has 0 saturated heterocycles. The van der Waals surface area contributed by atoms with Crippen molar-refractivity contribution in [3.05, 3.63) is 29.7 Å². The first-order valence-corrected chi connectivity index (χ1v) is 4.50. The van der Waals surface area contributed by atoms with Crippen LogP contribution in [0.25, 0.3) is 0 Å². The van der Waals surface area contributed by atoms with E-state index in [1.165, 1.54) is 0 Å². The quantitative estimate of drug-likeness (QED) is 0.436. The lowest BCUT2D eigenvalue weighted by Gasteiger charge is -2.17. The Kier molecular flexibility index (Phi) is 4.82. The Morgan fingerprint density at radius 1 is 1.00 bits per heavy atom. The van der Waals surface area contributed by atoms with E-state index in [0.29, 0.717) is 0 Å². The lowest BCUT2D eigenvalue weighted by molar-refractivity contribution is -2.00. The van der Waals surface area contributed by atoms with E-state index >= 15 is 0 Å². The van der Waals surface area contributed by atoms with E-state index in [4.69, 9.17) is 23.1 Å². The standard InChI is InChI=1S/C7H9O.ClHO4/c1-6-4-3-5-7(2)8-6;2-1(3,4)5/h3-5H,1-2H3;(H,2,3,4,5)/q+1;/p-1. The Balaban J connectivity index is 0.000000252. The van der Waals surface area contributed by atoms with E-state index < -0.39 is 10.2 Å². The van der Waals surface area contributed by atoms with Gasteiger partial charge >= 0.3 is 11.5 Å². The lowest BCUT2D eigenvalue weighted by atomic mass is 10.4. The van der Waals surface area contributed by atoms with Crippen molar-refractivity contribution in [2.24, 2.45) is 0 Å². The van der Waals surface area contributed by atoms with Crippen molar-refractivity contribution in [1.82, 2.24) is 0 Å². The Bertz CT molecular complexity index is 234. The Hall–Kier alpha value is -0.720. The minimum Gasteiger partial charge on any atom is -0.222 e. The average Bonchev–Trinajstić information content (AvgIpc) is 1.81. The zero-order chi connectivity index (χ0) is 10.5. The van der Waals surface area contributed by atoms with E-state index in [1.807, 2.05) is 32.0 Å². The van der Waals surface area contributed by atoms with Gasteiger partial charge in [-0.3, -0.25) is 0 Å². The molecule has 74 valence electrons. The molecule has 0 unspecified atom stereocenters. The van der Waals surface area contributed by atoms with Crippen LogP contribution < -0.4 is 18.6 Å². The van der Waals surface area contributed by atoms with Crippen molar-refractivity contribution in [2.75, 3.05) is 0 Å². The number of aryl methyl sites for hydroxylation is 2. The first-order valence-electron chi connectivity index (χ1n) is 3.27. The van der Waals surface area contributed by atoms with Gasteiger partial charge in [-0.05, 0) is 6.07 Å². The van der Waals surface area contributed by atoms with Crippen LogP contribution in [0.5, 0.6) is 0 Å². The first-order chi connectivity index (χ1) is 5.79. The third-order valence-corrected chi connectivity index (χ3v) is 0.984. The van der Waals surface area contributed by atoms with Gasteiger partial charge in [-0.1, -0.05) is 0 Å². The monoisotopic (exact) mass is 208 g/mol. The molecule has 1 heterocycles. The summed E-state index contributed by atoms with van der Waals surface area (Å²) < 4.78 is 39.1. The van der Waals surface area contributed by atoms with Gasteiger partial charge in [-0.25, -0.2) is 23.1 Å². The summed E-state index contributed by atoms with van der Waals surface area (Å²) in [6, 6.07) is 5.86. The number of rotatable bonds is 0. The minimum atomic E-state index is -4.94. The molecule has 6 heteroatoms. The van der Waals surface area contributed by atoms with Crippen molar-refractivity contribution in [3.8, 4) is 0 Å². The first kappa shape index (κ1) is 12.3. The Labute approximate surface area is 77.6 Å². The summed E-state index contributed by atoms with van der Waals surface area (Å²) in [4.78, 5) is 0. The summed E-state index contributed by atoms with van der Waals surface area (Å²) >= 11 is 0. The van der Waals surface area contributed by atoms with Gasteiger partial charge in [0.25, 0.3) is 0 Å². The Morgan fingerprint density at radius 3 is 1.46 bits per heavy atom. The van der Waals surface area contributed by atoms with Crippen LogP contribution >= 0.6 is 0 Å². The molecular weight excluding hydrogens is 200 g/mol. The van der Waals surface area contributed by atoms with Crippen molar-refractivity contribution in [3.63, 3.8) is 0 Å². The highest BCUT2D eigenvalue weighted by atomic mass is 35.7. The van der Waals surface area contributed by atoms with Crippen LogP contribution in [0.1, 0.15) is 11.5 Å². The lowest BCUT2D eigenvalue weighted by Crippen LogP contribution is -2.68. The van der Waals surface area contributed by atoms with E-state index in [-0.39, 0.29) is 0 Å². The van der Waals surface area contributed by atoms with Crippen molar-refractivity contribution >= 4 is 0 Å². The maximum Gasteiger partial charge on any atom is 0.326 e. The predicted octanol–water partition coefficient (Wildman–Crippen LogP) is -2.58.